The summed E-state index contributed by atoms with van der Waals surface area (Å²) in [5.74, 6) is 0.573. The Morgan fingerprint density at radius 1 is 1.23 bits per heavy atom. The molecule has 1 amide bonds. The summed E-state index contributed by atoms with van der Waals surface area (Å²) in [5.41, 5.74) is 2.29. The van der Waals surface area contributed by atoms with Gasteiger partial charge in [0.1, 0.15) is 21.8 Å². The Kier molecular flexibility index (Phi) is 8.09. The first-order valence-corrected chi connectivity index (χ1v) is 13.4. The Morgan fingerprint density at radius 2 is 1.94 bits per heavy atom. The normalized spacial score (nSPS) is 17.4. The monoisotopic (exact) mass is 506 g/mol. The van der Waals surface area contributed by atoms with Crippen LogP contribution in [0.25, 0.3) is 6.08 Å². The van der Waals surface area contributed by atoms with Crippen LogP contribution in [0.5, 0.6) is 0 Å². The van der Waals surface area contributed by atoms with Crippen molar-refractivity contribution < 1.29 is 4.79 Å². The van der Waals surface area contributed by atoms with Crippen molar-refractivity contribution in [2.24, 2.45) is 0 Å². The van der Waals surface area contributed by atoms with Gasteiger partial charge in [0.15, 0.2) is 0 Å². The minimum absolute atomic E-state index is 0.0757. The minimum Gasteiger partial charge on any atom is -0.371 e. The van der Waals surface area contributed by atoms with Crippen molar-refractivity contribution >= 4 is 46.1 Å². The molecule has 0 spiro atoms. The Bertz CT molecular complexity index is 1250. The Balaban J connectivity index is 1.75. The lowest BCUT2D eigenvalue weighted by atomic mass is 10.0. The molecule has 8 heteroatoms. The fourth-order valence-electron chi connectivity index (χ4n) is 4.85. The molecular weight excluding hydrogens is 476 g/mol. The standard InChI is InChI=1S/C27H30N4O2S2/c1-3-15-30-24(29-14-13-19-9-5-4-6-10-19)21(18(2)22(17-28)25(30)32)16-23-26(33)31(27(34)35-23)20-11-7-8-12-20/h4-6,9-10,16,20,29H,3,7-8,11-15H2,1-2H3/b23-16+. The highest BCUT2D eigenvalue weighted by Gasteiger charge is 2.38. The first kappa shape index (κ1) is 25.2. The van der Waals surface area contributed by atoms with Gasteiger partial charge < -0.3 is 5.32 Å². The molecule has 182 valence electrons. The van der Waals surface area contributed by atoms with Gasteiger partial charge >= 0.3 is 0 Å². The highest BCUT2D eigenvalue weighted by Crippen LogP contribution is 2.39. The van der Waals surface area contributed by atoms with E-state index in [0.717, 1.165) is 38.5 Å². The third-order valence-corrected chi connectivity index (χ3v) is 7.99. The van der Waals surface area contributed by atoms with Crippen LogP contribution in [0.3, 0.4) is 0 Å². The molecule has 1 N–H and O–H groups in total. The van der Waals surface area contributed by atoms with Gasteiger partial charge in [-0.2, -0.15) is 5.26 Å². The molecule has 4 rings (SSSR count). The molecule has 0 radical (unpaired) electrons. The lowest BCUT2D eigenvalue weighted by Crippen LogP contribution is -2.36. The zero-order valence-electron chi connectivity index (χ0n) is 20.2. The Hall–Kier alpha value is -2.89. The molecule has 1 aliphatic carbocycles. The minimum atomic E-state index is -0.301. The van der Waals surface area contributed by atoms with E-state index in [0.29, 0.717) is 39.3 Å². The van der Waals surface area contributed by atoms with Crippen molar-refractivity contribution in [3.05, 3.63) is 67.8 Å². The quantitative estimate of drug-likeness (QED) is 0.390. The maximum atomic E-state index is 13.4. The number of hydrogen-bond donors (Lipinski definition) is 1. The van der Waals surface area contributed by atoms with Crippen LogP contribution in [-0.4, -0.2) is 32.3 Å². The van der Waals surface area contributed by atoms with Crippen LogP contribution < -0.4 is 10.9 Å². The topological polar surface area (TPSA) is 78.1 Å². The second kappa shape index (κ2) is 11.2. The van der Waals surface area contributed by atoms with Gasteiger partial charge in [0.25, 0.3) is 11.5 Å². The van der Waals surface area contributed by atoms with E-state index >= 15 is 0 Å². The fraction of sp³-hybridized carbons (Fsp3) is 0.407. The number of thioether (sulfide) groups is 1. The van der Waals surface area contributed by atoms with Crippen LogP contribution in [0.4, 0.5) is 5.82 Å². The molecule has 1 saturated carbocycles. The van der Waals surface area contributed by atoms with Crippen LogP contribution in [-0.2, 0) is 17.8 Å². The number of nitrogens with zero attached hydrogens (tertiary/aromatic N) is 3. The van der Waals surface area contributed by atoms with E-state index in [-0.39, 0.29) is 23.1 Å². The van der Waals surface area contributed by atoms with Gasteiger partial charge in [0, 0.05) is 24.7 Å². The summed E-state index contributed by atoms with van der Waals surface area (Å²) in [7, 11) is 0. The number of aromatic nitrogens is 1. The number of nitriles is 1. The number of nitrogens with one attached hydrogen (secondary N) is 1. The van der Waals surface area contributed by atoms with Gasteiger partial charge in [-0.3, -0.25) is 19.1 Å². The van der Waals surface area contributed by atoms with Gasteiger partial charge in [-0.25, -0.2) is 0 Å². The highest BCUT2D eigenvalue weighted by atomic mass is 32.2. The number of rotatable bonds is 8. The zero-order chi connectivity index (χ0) is 24.9. The average molecular weight is 507 g/mol. The van der Waals surface area contributed by atoms with Gasteiger partial charge in [0.2, 0.25) is 0 Å². The van der Waals surface area contributed by atoms with Crippen molar-refractivity contribution in [1.29, 1.82) is 5.26 Å². The van der Waals surface area contributed by atoms with E-state index in [1.807, 2.05) is 31.2 Å². The number of hydrogen-bond acceptors (Lipinski definition) is 6. The molecular formula is C27H30N4O2S2. The molecule has 2 aliphatic rings. The van der Waals surface area contributed by atoms with Gasteiger partial charge in [-0.15, -0.1) is 0 Å². The molecule has 6 nitrogen and oxygen atoms in total. The highest BCUT2D eigenvalue weighted by molar-refractivity contribution is 8.26. The van der Waals surface area contributed by atoms with Crippen LogP contribution >= 0.6 is 24.0 Å². The number of benzene rings is 1. The smallest absolute Gasteiger partial charge is 0.270 e. The Labute approximate surface area is 216 Å². The fourth-order valence-corrected chi connectivity index (χ4v) is 6.23. The summed E-state index contributed by atoms with van der Waals surface area (Å²) in [6, 6.07) is 12.4. The van der Waals surface area contributed by atoms with E-state index in [1.54, 1.807) is 16.4 Å². The maximum Gasteiger partial charge on any atom is 0.270 e. The first-order chi connectivity index (χ1) is 17.0. The van der Waals surface area contributed by atoms with Crippen molar-refractivity contribution in [3.8, 4) is 6.07 Å². The molecule has 0 atom stereocenters. The van der Waals surface area contributed by atoms with Gasteiger partial charge in [-0.05, 0) is 49.8 Å². The number of thiocarbonyl (C=S) groups is 1. The third-order valence-electron chi connectivity index (χ3n) is 6.66. The molecule has 0 unspecified atom stereocenters. The average Bonchev–Trinajstić information content (AvgIpc) is 3.47. The van der Waals surface area contributed by atoms with E-state index in [1.165, 1.54) is 17.3 Å². The van der Waals surface area contributed by atoms with E-state index in [9.17, 15) is 14.9 Å². The lowest BCUT2D eigenvalue weighted by Gasteiger charge is -2.22. The molecule has 1 saturated heterocycles. The number of carbonyl (C=O) groups excluding carboxylic acids is 1. The summed E-state index contributed by atoms with van der Waals surface area (Å²) < 4.78 is 2.23. The second-order valence-electron chi connectivity index (χ2n) is 8.98. The molecule has 2 heterocycles. The van der Waals surface area contributed by atoms with Crippen molar-refractivity contribution in [1.82, 2.24) is 9.47 Å². The summed E-state index contributed by atoms with van der Waals surface area (Å²) in [6.45, 7) is 4.87. The van der Waals surface area contributed by atoms with Crippen molar-refractivity contribution in [2.45, 2.75) is 65.0 Å². The van der Waals surface area contributed by atoms with Crippen LogP contribution in [0.2, 0.25) is 0 Å². The zero-order valence-corrected chi connectivity index (χ0v) is 21.8. The predicted molar refractivity (Wildman–Crippen MR) is 146 cm³/mol. The van der Waals surface area contributed by atoms with E-state index in [4.69, 9.17) is 12.2 Å². The summed E-state index contributed by atoms with van der Waals surface area (Å²) in [6.07, 6.45) is 7.52. The van der Waals surface area contributed by atoms with Crippen LogP contribution in [0.15, 0.2) is 40.0 Å². The maximum absolute atomic E-state index is 13.4. The largest absolute Gasteiger partial charge is 0.371 e. The second-order valence-corrected chi connectivity index (χ2v) is 10.7. The summed E-state index contributed by atoms with van der Waals surface area (Å²) >= 11 is 6.89. The number of amides is 1. The number of carbonyl (C=O) groups is 1. The number of anilines is 1. The summed E-state index contributed by atoms with van der Waals surface area (Å²) in [4.78, 5) is 28.8. The van der Waals surface area contributed by atoms with Crippen molar-refractivity contribution in [2.75, 3.05) is 11.9 Å². The van der Waals surface area contributed by atoms with Gasteiger partial charge in [-0.1, -0.05) is 74.1 Å². The molecule has 35 heavy (non-hydrogen) atoms. The molecule has 0 bridgehead atoms. The SMILES string of the molecule is CCCn1c(NCCc2ccccc2)c(/C=C2/SC(=S)N(C3CCCC3)C2=O)c(C)c(C#N)c1=O. The predicted octanol–water partition coefficient (Wildman–Crippen LogP) is 5.24. The molecule has 1 aliphatic heterocycles. The molecule has 2 fully saturated rings. The van der Waals surface area contributed by atoms with E-state index < -0.39 is 0 Å². The third kappa shape index (κ3) is 5.21. The molecule has 1 aromatic heterocycles. The van der Waals surface area contributed by atoms with Gasteiger partial charge in [0.05, 0.1) is 4.91 Å². The molecule has 1 aromatic carbocycles. The summed E-state index contributed by atoms with van der Waals surface area (Å²) in [5, 5.41) is 13.2. The molecule has 2 aromatic rings. The van der Waals surface area contributed by atoms with E-state index in [2.05, 4.69) is 23.5 Å². The van der Waals surface area contributed by atoms with Crippen molar-refractivity contribution in [3.63, 3.8) is 0 Å². The lowest BCUT2D eigenvalue weighted by molar-refractivity contribution is -0.123. The van der Waals surface area contributed by atoms with Crippen LogP contribution in [0.1, 0.15) is 61.3 Å². The number of pyridine rings is 1. The first-order valence-electron chi connectivity index (χ1n) is 12.2. The Morgan fingerprint density at radius 3 is 2.60 bits per heavy atom. The van der Waals surface area contributed by atoms with Crippen LogP contribution in [0, 0.1) is 18.3 Å².